The van der Waals surface area contributed by atoms with Crippen molar-refractivity contribution in [2.45, 2.75) is 12.1 Å². The third-order valence-electron chi connectivity index (χ3n) is 5.23. The Morgan fingerprint density at radius 3 is 1.26 bits per heavy atom. The molecule has 0 fully saturated rings. The summed E-state index contributed by atoms with van der Waals surface area (Å²) in [7, 11) is 0. The summed E-state index contributed by atoms with van der Waals surface area (Å²) in [4.78, 5) is 0. The molecular weight excluding hydrogens is 502 g/mol. The molecule has 152 valence electrons. The van der Waals surface area contributed by atoms with Crippen LogP contribution in [-0.4, -0.2) is 9.13 Å². The van der Waals surface area contributed by atoms with Crippen LogP contribution in [0.3, 0.4) is 0 Å². The van der Waals surface area contributed by atoms with Gasteiger partial charge >= 0.3 is 26.2 Å². The van der Waals surface area contributed by atoms with Gasteiger partial charge in [-0.05, 0) is 36.3 Å². The molecule has 0 bridgehead atoms. The van der Waals surface area contributed by atoms with E-state index in [4.69, 9.17) is 0 Å². The normalized spacial score (nSPS) is 16.6. The zero-order valence-corrected chi connectivity index (χ0v) is 20.7. The summed E-state index contributed by atoms with van der Waals surface area (Å²) in [6.07, 6.45) is 19.2. The summed E-state index contributed by atoms with van der Waals surface area (Å²) in [6, 6.07) is 25.6. The molecule has 0 spiro atoms. The molecule has 0 saturated carbocycles. The zero-order chi connectivity index (χ0) is 18.8. The van der Waals surface area contributed by atoms with Crippen molar-refractivity contribution in [2.75, 3.05) is 0 Å². The second-order valence-electron chi connectivity index (χ2n) is 6.95. The predicted molar refractivity (Wildman–Crippen MR) is 113 cm³/mol. The van der Waals surface area contributed by atoms with Gasteiger partial charge in [0.1, 0.15) is 0 Å². The molecule has 0 N–H and O–H groups in total. The van der Waals surface area contributed by atoms with Crippen LogP contribution in [0, 0.1) is 12.2 Å². The minimum absolute atomic E-state index is 0. The maximum Gasteiger partial charge on any atom is 4.00 e. The van der Waals surface area contributed by atoms with Gasteiger partial charge in [-0.1, -0.05) is 36.4 Å². The first-order chi connectivity index (χ1) is 13.9. The largest absolute Gasteiger partial charge is 4.00 e. The number of benzene rings is 2. The Hall–Kier alpha value is -2.06. The van der Waals surface area contributed by atoms with Crippen LogP contribution in [0.25, 0.3) is 12.2 Å². The molecule has 2 aromatic carbocycles. The molecule has 6 rings (SSSR count). The Morgan fingerprint density at radius 1 is 0.516 bits per heavy atom. The molecule has 2 nitrogen and oxygen atoms in total. The smallest absolute Gasteiger partial charge is 1.00 e. The minimum Gasteiger partial charge on any atom is -1.00 e. The topological polar surface area (TPSA) is 9.86 Å². The standard InChI is InChI=1S/2C13H10N.2ClH.Zr/c2*1-2-6-12-11(5-1)7-8-13(12)14-9-3-4-10-14;;;/h2*1-7,9-10,13H;2*1H;/q2*-1;;;+4/p-2. The molecule has 2 aliphatic rings. The fourth-order valence-corrected chi connectivity index (χ4v) is 3.83. The number of aromatic nitrogens is 2. The number of rotatable bonds is 2. The van der Waals surface area contributed by atoms with Gasteiger partial charge in [-0.25, -0.2) is 24.3 Å². The van der Waals surface area contributed by atoms with Crippen molar-refractivity contribution in [3.63, 3.8) is 0 Å². The maximum atomic E-state index is 3.36. The first-order valence-corrected chi connectivity index (χ1v) is 9.51. The fraction of sp³-hybridized carbons (Fsp3) is 0.0769. The van der Waals surface area contributed by atoms with Crippen LogP contribution in [0.1, 0.15) is 34.3 Å². The molecule has 2 unspecified atom stereocenters. The van der Waals surface area contributed by atoms with E-state index in [1.807, 2.05) is 24.3 Å². The molecule has 4 aromatic rings. The van der Waals surface area contributed by atoms with Crippen molar-refractivity contribution in [3.05, 3.63) is 132 Å². The van der Waals surface area contributed by atoms with E-state index >= 15 is 0 Å². The molecule has 2 heterocycles. The number of hydrogen-bond acceptors (Lipinski definition) is 0. The van der Waals surface area contributed by atoms with E-state index in [0.717, 1.165) is 0 Å². The van der Waals surface area contributed by atoms with Crippen molar-refractivity contribution in [2.24, 2.45) is 0 Å². The Bertz CT molecular complexity index is 1040. The zero-order valence-electron chi connectivity index (χ0n) is 16.7. The summed E-state index contributed by atoms with van der Waals surface area (Å²) < 4.78 is 4.34. The molecular formula is C26H20Cl2N2Zr. The van der Waals surface area contributed by atoms with Gasteiger partial charge in [-0.2, -0.15) is 11.1 Å². The van der Waals surface area contributed by atoms with Gasteiger partial charge in [0.25, 0.3) is 0 Å². The van der Waals surface area contributed by atoms with E-state index < -0.39 is 0 Å². The average Bonchev–Trinajstić information content (AvgIpc) is 3.54. The van der Waals surface area contributed by atoms with Gasteiger partial charge in [-0.3, -0.25) is 0 Å². The van der Waals surface area contributed by atoms with Crippen LogP contribution >= 0.6 is 0 Å². The second kappa shape index (κ2) is 11.5. The fourth-order valence-electron chi connectivity index (χ4n) is 3.83. The summed E-state index contributed by atoms with van der Waals surface area (Å²) in [6.45, 7) is 0. The molecule has 0 radical (unpaired) electrons. The van der Waals surface area contributed by atoms with Gasteiger partial charge in [0.15, 0.2) is 0 Å². The van der Waals surface area contributed by atoms with Crippen LogP contribution in [0.5, 0.6) is 0 Å². The first kappa shape index (κ1) is 25.2. The van der Waals surface area contributed by atoms with Crippen molar-refractivity contribution in [1.29, 1.82) is 0 Å². The van der Waals surface area contributed by atoms with Crippen LogP contribution in [0.15, 0.2) is 97.6 Å². The summed E-state index contributed by atoms with van der Waals surface area (Å²) in [5.74, 6) is 0. The average molecular weight is 523 g/mol. The summed E-state index contributed by atoms with van der Waals surface area (Å²) >= 11 is 0. The molecule has 2 aromatic heterocycles. The van der Waals surface area contributed by atoms with Crippen molar-refractivity contribution >= 4 is 12.2 Å². The van der Waals surface area contributed by atoms with Gasteiger partial charge in [-0.15, -0.1) is 23.3 Å². The van der Waals surface area contributed by atoms with E-state index in [9.17, 15) is 0 Å². The predicted octanol–water partition coefficient (Wildman–Crippen LogP) is -0.180. The first-order valence-electron chi connectivity index (χ1n) is 9.51. The van der Waals surface area contributed by atoms with Gasteiger partial charge < -0.3 is 33.9 Å². The van der Waals surface area contributed by atoms with Gasteiger partial charge in [0.05, 0.1) is 0 Å². The van der Waals surface area contributed by atoms with Gasteiger partial charge in [0.2, 0.25) is 0 Å². The number of fused-ring (bicyclic) bond motifs is 2. The third-order valence-corrected chi connectivity index (χ3v) is 5.23. The molecule has 31 heavy (non-hydrogen) atoms. The third kappa shape index (κ3) is 5.23. The maximum absolute atomic E-state index is 3.36. The Labute approximate surface area is 215 Å². The van der Waals surface area contributed by atoms with E-state index in [0.29, 0.717) is 0 Å². The Balaban J connectivity index is 0.000000201. The quantitative estimate of drug-likeness (QED) is 0.324. The molecule has 2 atom stereocenters. The molecule has 0 aliphatic heterocycles. The van der Waals surface area contributed by atoms with Crippen molar-refractivity contribution in [1.82, 2.24) is 9.13 Å². The molecule has 2 aliphatic carbocycles. The number of allylic oxidation sites excluding steroid dienone is 2. The molecule has 0 amide bonds. The number of halogens is 2. The van der Waals surface area contributed by atoms with Crippen molar-refractivity contribution < 1.29 is 51.0 Å². The number of hydrogen-bond donors (Lipinski definition) is 0. The van der Waals surface area contributed by atoms with Crippen molar-refractivity contribution in [3.8, 4) is 0 Å². The Kier molecular flexibility index (Phi) is 9.38. The summed E-state index contributed by atoms with van der Waals surface area (Å²) in [5.41, 5.74) is 5.24. The van der Waals surface area contributed by atoms with Crippen LogP contribution in [0.4, 0.5) is 0 Å². The summed E-state index contributed by atoms with van der Waals surface area (Å²) in [5, 5.41) is 0. The van der Waals surface area contributed by atoms with E-state index in [1.165, 1.54) is 22.3 Å². The second-order valence-corrected chi connectivity index (χ2v) is 6.95. The Morgan fingerprint density at radius 2 is 0.871 bits per heavy atom. The van der Waals surface area contributed by atoms with Crippen LogP contribution in [0.2, 0.25) is 0 Å². The SMILES string of the molecule is [C-]1=Cc2ccccc2C1n1cccc1.[C-]1=Cc2ccccc2C1n1cccc1.[Cl-].[Cl-].[Zr+4]. The van der Waals surface area contributed by atoms with E-state index in [1.54, 1.807) is 0 Å². The van der Waals surface area contributed by atoms with E-state index in [-0.39, 0.29) is 63.1 Å². The van der Waals surface area contributed by atoms with Crippen LogP contribution in [-0.2, 0) is 26.2 Å². The van der Waals surface area contributed by atoms with Crippen LogP contribution < -0.4 is 24.8 Å². The molecule has 5 heteroatoms. The monoisotopic (exact) mass is 520 g/mol. The minimum atomic E-state index is 0. The van der Waals surface area contributed by atoms with E-state index in [2.05, 4.69) is 107 Å². The number of nitrogens with zero attached hydrogens (tertiary/aromatic N) is 2. The molecule has 0 saturated heterocycles. The van der Waals surface area contributed by atoms with Gasteiger partial charge in [0, 0.05) is 24.8 Å².